The average molecular weight is 287 g/mol. The monoisotopic (exact) mass is 286 g/mol. The molecule has 1 nitrogen and oxygen atoms in total. The van der Waals surface area contributed by atoms with Gasteiger partial charge in [-0.25, -0.2) is 0 Å². The maximum Gasteiger partial charge on any atom is 0.0999 e. The van der Waals surface area contributed by atoms with E-state index >= 15 is 0 Å². The molecule has 4 heteroatoms. The molecule has 0 spiro atoms. The van der Waals surface area contributed by atoms with E-state index in [2.05, 4.69) is 0 Å². The van der Waals surface area contributed by atoms with Gasteiger partial charge in [-0.15, -0.1) is 11.3 Å². The molecule has 1 heterocycles. The van der Waals surface area contributed by atoms with Crippen molar-refractivity contribution in [2.24, 2.45) is 0 Å². The fourth-order valence-corrected chi connectivity index (χ4v) is 2.83. The summed E-state index contributed by atoms with van der Waals surface area (Å²) in [4.78, 5) is 0.948. The first-order valence-electron chi connectivity index (χ1n) is 5.19. The molecule has 0 saturated heterocycles. The zero-order valence-electron chi connectivity index (χ0n) is 9.28. The first-order chi connectivity index (χ1) is 7.99. The van der Waals surface area contributed by atoms with Crippen molar-refractivity contribution >= 4 is 34.5 Å². The highest BCUT2D eigenvalue weighted by molar-refractivity contribution is 7.10. The van der Waals surface area contributed by atoms with Crippen LogP contribution in [0.1, 0.15) is 17.4 Å². The van der Waals surface area contributed by atoms with Crippen molar-refractivity contribution in [1.82, 2.24) is 0 Å². The molecule has 2 rings (SSSR count). The Morgan fingerprint density at radius 2 is 2.00 bits per heavy atom. The Morgan fingerprint density at radius 1 is 1.24 bits per heavy atom. The van der Waals surface area contributed by atoms with Crippen LogP contribution in [0.4, 0.5) is 0 Å². The van der Waals surface area contributed by atoms with Crippen molar-refractivity contribution in [2.75, 3.05) is 0 Å². The summed E-state index contributed by atoms with van der Waals surface area (Å²) in [5.74, 6) is 0. The molecule has 0 radical (unpaired) electrons. The molecule has 0 aliphatic carbocycles. The molecular weight excluding hydrogens is 275 g/mol. The van der Waals surface area contributed by atoms with Gasteiger partial charge in [0.2, 0.25) is 0 Å². The van der Waals surface area contributed by atoms with Crippen molar-refractivity contribution in [1.29, 1.82) is 0 Å². The van der Waals surface area contributed by atoms with Crippen LogP contribution in [0, 0.1) is 0 Å². The summed E-state index contributed by atoms with van der Waals surface area (Å²) >= 11 is 13.4. The summed E-state index contributed by atoms with van der Waals surface area (Å²) in [5, 5.41) is 13.4. The van der Waals surface area contributed by atoms with E-state index in [0.29, 0.717) is 16.5 Å². The predicted octanol–water partition coefficient (Wildman–Crippen LogP) is 4.51. The molecule has 1 aromatic heterocycles. The molecule has 1 atom stereocenters. The van der Waals surface area contributed by atoms with Crippen LogP contribution >= 0.6 is 34.5 Å². The quantitative estimate of drug-likeness (QED) is 0.881. The zero-order chi connectivity index (χ0) is 12.5. The van der Waals surface area contributed by atoms with Gasteiger partial charge in [0, 0.05) is 11.3 Å². The van der Waals surface area contributed by atoms with Gasteiger partial charge in [0.05, 0.1) is 15.6 Å². The maximum atomic E-state index is 10.4. The lowest BCUT2D eigenvalue weighted by atomic mass is 9.95. The highest BCUT2D eigenvalue weighted by Gasteiger charge is 2.24. The van der Waals surface area contributed by atoms with Gasteiger partial charge in [-0.2, -0.15) is 0 Å². The summed E-state index contributed by atoms with van der Waals surface area (Å²) in [6.07, 6.45) is 0.518. The molecule has 90 valence electrons. The van der Waals surface area contributed by atoms with Crippen LogP contribution in [0.5, 0.6) is 0 Å². The molecule has 1 unspecified atom stereocenters. The third-order valence-electron chi connectivity index (χ3n) is 2.58. The third-order valence-corrected chi connectivity index (χ3v) is 4.45. The zero-order valence-corrected chi connectivity index (χ0v) is 11.6. The Bertz CT molecular complexity index is 506. The third kappa shape index (κ3) is 3.02. The lowest BCUT2D eigenvalue weighted by Gasteiger charge is -2.22. The second-order valence-corrected chi connectivity index (χ2v) is 5.94. The Morgan fingerprint density at radius 3 is 2.59 bits per heavy atom. The van der Waals surface area contributed by atoms with E-state index in [0.717, 1.165) is 10.4 Å². The van der Waals surface area contributed by atoms with Crippen LogP contribution in [0.15, 0.2) is 35.7 Å². The number of thiophene rings is 1. The first-order valence-corrected chi connectivity index (χ1v) is 6.83. The molecule has 0 saturated carbocycles. The predicted molar refractivity (Wildman–Crippen MR) is 74.1 cm³/mol. The van der Waals surface area contributed by atoms with Crippen LogP contribution in [0.3, 0.4) is 0 Å². The standard InChI is InChI=1S/C13H12Cl2OS/c1-13(16,12-3-2-6-17-12)8-9-4-5-10(14)11(15)7-9/h2-7,16H,8H2,1H3. The van der Waals surface area contributed by atoms with Crippen LogP contribution in [-0.4, -0.2) is 5.11 Å². The van der Waals surface area contributed by atoms with E-state index in [1.54, 1.807) is 30.4 Å². The van der Waals surface area contributed by atoms with Crippen molar-refractivity contribution in [2.45, 2.75) is 18.9 Å². The second kappa shape index (κ2) is 4.99. The molecule has 0 aliphatic rings. The van der Waals surface area contributed by atoms with Gasteiger partial charge in [0.1, 0.15) is 0 Å². The molecular formula is C13H12Cl2OS. The van der Waals surface area contributed by atoms with Gasteiger partial charge in [-0.05, 0) is 36.1 Å². The van der Waals surface area contributed by atoms with E-state index < -0.39 is 5.60 Å². The van der Waals surface area contributed by atoms with Gasteiger partial charge in [0.15, 0.2) is 0 Å². The van der Waals surface area contributed by atoms with Gasteiger partial charge >= 0.3 is 0 Å². The van der Waals surface area contributed by atoms with Crippen LogP contribution < -0.4 is 0 Å². The minimum Gasteiger partial charge on any atom is -0.384 e. The second-order valence-electron chi connectivity index (χ2n) is 4.18. The molecule has 0 amide bonds. The summed E-state index contributed by atoms with van der Waals surface area (Å²) < 4.78 is 0. The number of hydrogen-bond acceptors (Lipinski definition) is 2. The van der Waals surface area contributed by atoms with Crippen molar-refractivity contribution in [3.8, 4) is 0 Å². The molecule has 0 aliphatic heterocycles. The van der Waals surface area contributed by atoms with E-state index in [1.165, 1.54) is 0 Å². The van der Waals surface area contributed by atoms with Gasteiger partial charge < -0.3 is 5.11 Å². The highest BCUT2D eigenvalue weighted by Crippen LogP contribution is 2.31. The molecule has 1 N–H and O–H groups in total. The maximum absolute atomic E-state index is 10.4. The molecule has 2 aromatic rings. The molecule has 0 bridgehead atoms. The minimum absolute atomic E-state index is 0.518. The van der Waals surface area contributed by atoms with E-state index in [-0.39, 0.29) is 0 Å². The van der Waals surface area contributed by atoms with E-state index in [1.807, 2.05) is 23.6 Å². The normalized spacial score (nSPS) is 14.6. The topological polar surface area (TPSA) is 20.2 Å². The lowest BCUT2D eigenvalue weighted by Crippen LogP contribution is -2.22. The summed E-state index contributed by atoms with van der Waals surface area (Å²) in [5.41, 5.74) is 0.100. The Labute approximate surface area is 115 Å². The van der Waals surface area contributed by atoms with Crippen LogP contribution in [0.25, 0.3) is 0 Å². The van der Waals surface area contributed by atoms with Gasteiger partial charge in [-0.1, -0.05) is 35.3 Å². The molecule has 0 fully saturated rings. The number of benzene rings is 1. The largest absolute Gasteiger partial charge is 0.384 e. The summed E-state index contributed by atoms with van der Waals surface area (Å²) in [6, 6.07) is 9.30. The molecule has 17 heavy (non-hydrogen) atoms. The fourth-order valence-electron chi connectivity index (χ4n) is 1.72. The number of rotatable bonds is 3. The van der Waals surface area contributed by atoms with E-state index in [4.69, 9.17) is 23.2 Å². The fraction of sp³-hybridized carbons (Fsp3) is 0.231. The van der Waals surface area contributed by atoms with Crippen molar-refractivity contribution in [3.63, 3.8) is 0 Å². The number of hydrogen-bond donors (Lipinski definition) is 1. The molecule has 1 aromatic carbocycles. The Hall–Kier alpha value is -0.540. The summed E-state index contributed by atoms with van der Waals surface area (Å²) in [7, 11) is 0. The lowest BCUT2D eigenvalue weighted by molar-refractivity contribution is 0.0615. The SMILES string of the molecule is CC(O)(Cc1ccc(Cl)c(Cl)c1)c1cccs1. The van der Waals surface area contributed by atoms with Gasteiger partial charge in [0.25, 0.3) is 0 Å². The number of halogens is 2. The van der Waals surface area contributed by atoms with Crippen molar-refractivity contribution in [3.05, 3.63) is 56.2 Å². The Balaban J connectivity index is 2.23. The van der Waals surface area contributed by atoms with Gasteiger partial charge in [-0.3, -0.25) is 0 Å². The summed E-state index contributed by atoms with van der Waals surface area (Å²) in [6.45, 7) is 1.81. The highest BCUT2D eigenvalue weighted by atomic mass is 35.5. The smallest absolute Gasteiger partial charge is 0.0999 e. The Kier molecular flexibility index (Phi) is 3.79. The average Bonchev–Trinajstić information content (AvgIpc) is 2.77. The van der Waals surface area contributed by atoms with Crippen molar-refractivity contribution < 1.29 is 5.11 Å². The minimum atomic E-state index is -0.870. The van der Waals surface area contributed by atoms with E-state index in [9.17, 15) is 5.11 Å². The van der Waals surface area contributed by atoms with Crippen LogP contribution in [0.2, 0.25) is 10.0 Å². The number of aliphatic hydroxyl groups is 1. The first kappa shape index (κ1) is 12.9. The van der Waals surface area contributed by atoms with Crippen LogP contribution in [-0.2, 0) is 12.0 Å².